The summed E-state index contributed by atoms with van der Waals surface area (Å²) in [4.78, 5) is 26.5. The van der Waals surface area contributed by atoms with Crippen LogP contribution in [0.2, 0.25) is 0 Å². The van der Waals surface area contributed by atoms with E-state index < -0.39 is 5.76 Å². The highest BCUT2D eigenvalue weighted by Gasteiger charge is 2.30. The molecule has 0 radical (unpaired) electrons. The van der Waals surface area contributed by atoms with Crippen molar-refractivity contribution < 1.29 is 4.42 Å². The van der Waals surface area contributed by atoms with Crippen molar-refractivity contribution in [3.63, 3.8) is 0 Å². The summed E-state index contributed by atoms with van der Waals surface area (Å²) in [6.45, 7) is 5.60. The van der Waals surface area contributed by atoms with Crippen molar-refractivity contribution in [3.05, 3.63) is 16.4 Å². The minimum Gasteiger partial charge on any atom is -0.384 e. The van der Waals surface area contributed by atoms with E-state index in [1.807, 2.05) is 0 Å². The van der Waals surface area contributed by atoms with Crippen molar-refractivity contribution >= 4 is 17.0 Å². The molecule has 0 unspecified atom stereocenters. The zero-order valence-electron chi connectivity index (χ0n) is 21.6. The number of aromatic nitrogens is 6. The number of hydrogen-bond acceptors (Lipinski definition) is 7. The summed E-state index contributed by atoms with van der Waals surface area (Å²) >= 11 is 0. The summed E-state index contributed by atoms with van der Waals surface area (Å²) < 4.78 is 7.70. The number of imidazole rings is 1. The summed E-state index contributed by atoms with van der Waals surface area (Å²) in [5.74, 6) is 4.35. The molecule has 0 amide bonds. The van der Waals surface area contributed by atoms with Gasteiger partial charge in [0.15, 0.2) is 11.5 Å². The molecule has 9 heteroatoms. The van der Waals surface area contributed by atoms with Gasteiger partial charge < -0.3 is 14.3 Å². The molecular weight excluding hydrogens is 454 g/mol. The van der Waals surface area contributed by atoms with E-state index in [-0.39, 0.29) is 5.89 Å². The quantitative estimate of drug-likeness (QED) is 0.437. The number of aromatic amines is 1. The average molecular weight is 494 g/mol. The molecule has 3 aliphatic carbocycles. The van der Waals surface area contributed by atoms with Crippen LogP contribution in [0.25, 0.3) is 22.9 Å². The number of hydrogen-bond donors (Lipinski definition) is 2. The maximum atomic E-state index is 11.7. The first-order valence-corrected chi connectivity index (χ1v) is 14.2. The van der Waals surface area contributed by atoms with Gasteiger partial charge in [-0.05, 0) is 63.2 Å². The smallest absolute Gasteiger partial charge is 0.384 e. The lowest BCUT2D eigenvalue weighted by atomic mass is 9.80. The highest BCUT2D eigenvalue weighted by atomic mass is 16.4. The van der Waals surface area contributed by atoms with Crippen molar-refractivity contribution in [1.29, 1.82) is 0 Å². The Bertz CT molecular complexity index is 1240. The standard InChI is InChI=1S/C27H39N7O2/c1-16-11-13-18(14-12-16)15-34-21-22(28-17(2)19-9-6-10-19)29-24(26-32-33-27(35)36-26)30-23(21)31-25(34)20-7-4-3-5-8-20/h16-20H,3-15H2,1-2H3,(H,33,35)(H,28,29,30)/t16-,17-,18-/m1/s1. The zero-order chi connectivity index (χ0) is 24.6. The van der Waals surface area contributed by atoms with E-state index in [2.05, 4.69) is 33.9 Å². The molecule has 3 saturated carbocycles. The van der Waals surface area contributed by atoms with Crippen molar-refractivity contribution in [2.75, 3.05) is 5.32 Å². The molecule has 6 rings (SSSR count). The third kappa shape index (κ3) is 4.68. The molecule has 3 aromatic rings. The summed E-state index contributed by atoms with van der Waals surface area (Å²) in [5.41, 5.74) is 1.68. The second kappa shape index (κ2) is 9.98. The third-order valence-corrected chi connectivity index (χ3v) is 9.03. The van der Waals surface area contributed by atoms with Crippen LogP contribution in [0.5, 0.6) is 0 Å². The molecule has 1 atom stereocenters. The fraction of sp³-hybridized carbons (Fsp3) is 0.741. The van der Waals surface area contributed by atoms with Crippen LogP contribution in [0.1, 0.15) is 103 Å². The predicted octanol–water partition coefficient (Wildman–Crippen LogP) is 5.64. The van der Waals surface area contributed by atoms with Crippen molar-refractivity contribution in [1.82, 2.24) is 29.7 Å². The van der Waals surface area contributed by atoms with Gasteiger partial charge >= 0.3 is 5.76 Å². The normalized spacial score (nSPS) is 24.6. The van der Waals surface area contributed by atoms with E-state index in [9.17, 15) is 4.79 Å². The Balaban J connectivity index is 1.46. The number of nitrogens with zero attached hydrogens (tertiary/aromatic N) is 5. The molecule has 0 aliphatic heterocycles. The lowest BCUT2D eigenvalue weighted by Gasteiger charge is -2.32. The van der Waals surface area contributed by atoms with Crippen LogP contribution in [-0.2, 0) is 6.54 Å². The summed E-state index contributed by atoms with van der Waals surface area (Å²) in [7, 11) is 0. The van der Waals surface area contributed by atoms with Gasteiger partial charge in [0, 0.05) is 18.5 Å². The molecule has 0 aromatic carbocycles. The SMILES string of the molecule is C[C@@H](Nc1nc(-c2n[nH]c(=O)o2)nc2nc(C3CCCCC3)n(C[C@H]3CC[C@H](C)CC3)c12)C1CCC1. The summed E-state index contributed by atoms with van der Waals surface area (Å²) in [6, 6.07) is 0.299. The number of rotatable bonds is 7. The van der Waals surface area contributed by atoms with Crippen LogP contribution >= 0.6 is 0 Å². The lowest BCUT2D eigenvalue weighted by Crippen LogP contribution is -2.31. The van der Waals surface area contributed by atoms with E-state index in [1.54, 1.807) is 0 Å². The highest BCUT2D eigenvalue weighted by Crippen LogP contribution is 2.39. The Morgan fingerprint density at radius 3 is 2.44 bits per heavy atom. The minimum atomic E-state index is -0.606. The van der Waals surface area contributed by atoms with E-state index >= 15 is 0 Å². The topological polar surface area (TPSA) is 115 Å². The maximum Gasteiger partial charge on any atom is 0.434 e. The van der Waals surface area contributed by atoms with E-state index in [4.69, 9.17) is 19.4 Å². The molecule has 9 nitrogen and oxygen atoms in total. The number of fused-ring (bicyclic) bond motifs is 1. The lowest BCUT2D eigenvalue weighted by molar-refractivity contribution is 0.262. The first-order chi connectivity index (χ1) is 17.5. The molecule has 3 fully saturated rings. The second-order valence-corrected chi connectivity index (χ2v) is 11.7. The van der Waals surface area contributed by atoms with Gasteiger partial charge in [0.2, 0.25) is 5.82 Å². The Morgan fingerprint density at radius 1 is 1.00 bits per heavy atom. The Kier molecular flexibility index (Phi) is 6.56. The van der Waals surface area contributed by atoms with Crippen molar-refractivity contribution in [2.24, 2.45) is 17.8 Å². The fourth-order valence-corrected chi connectivity index (χ4v) is 6.48. The van der Waals surface area contributed by atoms with Crippen molar-refractivity contribution in [3.8, 4) is 11.7 Å². The molecule has 0 spiro atoms. The molecule has 0 saturated heterocycles. The van der Waals surface area contributed by atoms with Crippen LogP contribution in [0.3, 0.4) is 0 Å². The molecule has 194 valence electrons. The summed E-state index contributed by atoms with van der Waals surface area (Å²) in [6.07, 6.45) is 15.1. The van der Waals surface area contributed by atoms with Gasteiger partial charge in [0.1, 0.15) is 11.3 Å². The largest absolute Gasteiger partial charge is 0.434 e. The van der Waals surface area contributed by atoms with E-state index in [1.165, 1.54) is 77.0 Å². The Morgan fingerprint density at radius 2 is 1.78 bits per heavy atom. The minimum absolute atomic E-state index is 0.108. The van der Waals surface area contributed by atoms with Crippen LogP contribution < -0.4 is 11.1 Å². The molecule has 3 aliphatic rings. The molecule has 3 heterocycles. The molecule has 3 aromatic heterocycles. The molecule has 2 N–H and O–H groups in total. The van der Waals surface area contributed by atoms with E-state index in [0.29, 0.717) is 35.3 Å². The van der Waals surface area contributed by atoms with Crippen LogP contribution in [-0.4, -0.2) is 35.8 Å². The van der Waals surface area contributed by atoms with Gasteiger partial charge in [-0.15, -0.1) is 5.10 Å². The third-order valence-electron chi connectivity index (χ3n) is 9.03. The van der Waals surface area contributed by atoms with E-state index in [0.717, 1.165) is 29.6 Å². The Hall–Kier alpha value is -2.71. The number of anilines is 1. The van der Waals surface area contributed by atoms with Gasteiger partial charge in [0.05, 0.1) is 0 Å². The molecule has 0 bridgehead atoms. The van der Waals surface area contributed by atoms with Gasteiger partial charge in [-0.3, -0.25) is 0 Å². The number of H-pyrrole nitrogens is 1. The van der Waals surface area contributed by atoms with Crippen LogP contribution in [0.4, 0.5) is 5.82 Å². The second-order valence-electron chi connectivity index (χ2n) is 11.7. The molecule has 36 heavy (non-hydrogen) atoms. The zero-order valence-corrected chi connectivity index (χ0v) is 21.6. The van der Waals surface area contributed by atoms with Gasteiger partial charge in [-0.2, -0.15) is 0 Å². The maximum absolute atomic E-state index is 11.7. The average Bonchev–Trinajstić information content (AvgIpc) is 3.44. The Labute approximate surface area is 211 Å². The molecular formula is C27H39N7O2. The first kappa shape index (κ1) is 23.7. The van der Waals surface area contributed by atoms with Gasteiger partial charge in [-0.1, -0.05) is 45.4 Å². The fourth-order valence-electron chi connectivity index (χ4n) is 6.48. The monoisotopic (exact) mass is 493 g/mol. The first-order valence-electron chi connectivity index (χ1n) is 14.2. The predicted molar refractivity (Wildman–Crippen MR) is 139 cm³/mol. The van der Waals surface area contributed by atoms with Gasteiger partial charge in [-0.25, -0.2) is 24.8 Å². The van der Waals surface area contributed by atoms with Gasteiger partial charge in [0.25, 0.3) is 5.89 Å². The summed E-state index contributed by atoms with van der Waals surface area (Å²) in [5, 5.41) is 10.1. The highest BCUT2D eigenvalue weighted by molar-refractivity contribution is 5.85. The number of nitrogens with one attached hydrogen (secondary N) is 2. The van der Waals surface area contributed by atoms with Crippen molar-refractivity contribution in [2.45, 2.75) is 109 Å². The van der Waals surface area contributed by atoms with Crippen LogP contribution in [0, 0.1) is 17.8 Å². The van der Waals surface area contributed by atoms with Crippen LogP contribution in [0.15, 0.2) is 9.21 Å².